The highest BCUT2D eigenvalue weighted by molar-refractivity contribution is 5.98. The number of hydrogen-bond donors (Lipinski definition) is 0. The molecule has 6 rings (SSSR count). The van der Waals surface area contributed by atoms with Gasteiger partial charge in [-0.05, 0) is 48.7 Å². The Morgan fingerprint density at radius 2 is 1.82 bits per heavy atom. The third-order valence-electron chi connectivity index (χ3n) is 7.56. The standard InChI is InChI=1S/C30H30N4O4/c1-37-22-13-14-27(38-2)26(17-22)33-18-21(16-28(33)35)30-31-23-10-4-6-12-25(23)34(30)19-29(36)32-15-7-9-20-8-3-5-11-24(20)32/h3-6,8,10-14,17,21H,7,9,15-16,18-19H2,1-2H3. The third kappa shape index (κ3) is 4.16. The summed E-state index contributed by atoms with van der Waals surface area (Å²) in [5, 5.41) is 0. The number of aryl methyl sites for hydroxylation is 1. The van der Waals surface area contributed by atoms with Crippen molar-refractivity contribution in [1.82, 2.24) is 9.55 Å². The van der Waals surface area contributed by atoms with E-state index >= 15 is 0 Å². The highest BCUT2D eigenvalue weighted by Gasteiger charge is 2.37. The summed E-state index contributed by atoms with van der Waals surface area (Å²) in [5.74, 6) is 1.84. The fourth-order valence-corrected chi connectivity index (χ4v) is 5.71. The lowest BCUT2D eigenvalue weighted by atomic mass is 10.0. The summed E-state index contributed by atoms with van der Waals surface area (Å²) in [6, 6.07) is 21.4. The van der Waals surface area contributed by atoms with Crippen molar-refractivity contribution >= 4 is 34.2 Å². The van der Waals surface area contributed by atoms with Crippen LogP contribution in [-0.2, 0) is 22.6 Å². The largest absolute Gasteiger partial charge is 0.497 e. The number of benzene rings is 3. The Bertz CT molecular complexity index is 1530. The van der Waals surface area contributed by atoms with Gasteiger partial charge in [-0.2, -0.15) is 0 Å². The predicted octanol–water partition coefficient (Wildman–Crippen LogP) is 4.55. The minimum atomic E-state index is -0.174. The second kappa shape index (κ2) is 9.85. The molecule has 2 amide bonds. The zero-order chi connectivity index (χ0) is 26.2. The summed E-state index contributed by atoms with van der Waals surface area (Å²) < 4.78 is 12.9. The van der Waals surface area contributed by atoms with Crippen LogP contribution in [0.2, 0.25) is 0 Å². The number of hydrogen-bond acceptors (Lipinski definition) is 5. The van der Waals surface area contributed by atoms with Crippen LogP contribution in [0, 0.1) is 0 Å². The van der Waals surface area contributed by atoms with E-state index in [4.69, 9.17) is 14.5 Å². The number of carbonyl (C=O) groups is 2. The first-order valence-corrected chi connectivity index (χ1v) is 12.9. The molecule has 8 heteroatoms. The van der Waals surface area contributed by atoms with Gasteiger partial charge in [-0.1, -0.05) is 30.3 Å². The van der Waals surface area contributed by atoms with Gasteiger partial charge in [0.1, 0.15) is 23.9 Å². The number of anilines is 2. The monoisotopic (exact) mass is 510 g/mol. The molecule has 3 aromatic carbocycles. The number of para-hydroxylation sites is 3. The molecule has 194 valence electrons. The summed E-state index contributed by atoms with van der Waals surface area (Å²) in [6.07, 6.45) is 2.21. The molecular formula is C30H30N4O4. The summed E-state index contributed by atoms with van der Waals surface area (Å²) in [6.45, 7) is 1.30. The van der Waals surface area contributed by atoms with Gasteiger partial charge in [0.15, 0.2) is 0 Å². The highest BCUT2D eigenvalue weighted by atomic mass is 16.5. The summed E-state index contributed by atoms with van der Waals surface area (Å²) in [7, 11) is 3.19. The van der Waals surface area contributed by atoms with Crippen molar-refractivity contribution in [1.29, 1.82) is 0 Å². The van der Waals surface area contributed by atoms with Crippen molar-refractivity contribution in [3.05, 3.63) is 78.1 Å². The van der Waals surface area contributed by atoms with Gasteiger partial charge in [-0.3, -0.25) is 9.59 Å². The molecular weight excluding hydrogens is 480 g/mol. The van der Waals surface area contributed by atoms with Crippen molar-refractivity contribution in [2.45, 2.75) is 31.7 Å². The first-order chi connectivity index (χ1) is 18.6. The minimum absolute atomic E-state index is 0.0172. The summed E-state index contributed by atoms with van der Waals surface area (Å²) >= 11 is 0. The maximum atomic E-state index is 13.7. The molecule has 2 aliphatic heterocycles. The van der Waals surface area contributed by atoms with Crippen molar-refractivity contribution in [3.8, 4) is 11.5 Å². The molecule has 1 saturated heterocycles. The number of amides is 2. The van der Waals surface area contributed by atoms with Crippen LogP contribution in [0.5, 0.6) is 11.5 Å². The second-order valence-corrected chi connectivity index (χ2v) is 9.77. The van der Waals surface area contributed by atoms with E-state index < -0.39 is 0 Å². The Morgan fingerprint density at radius 3 is 2.66 bits per heavy atom. The fourth-order valence-electron chi connectivity index (χ4n) is 5.71. The topological polar surface area (TPSA) is 76.9 Å². The number of imidazole rings is 1. The smallest absolute Gasteiger partial charge is 0.246 e. The lowest BCUT2D eigenvalue weighted by molar-refractivity contribution is -0.119. The molecule has 0 aliphatic carbocycles. The van der Waals surface area contributed by atoms with E-state index in [2.05, 4.69) is 6.07 Å². The Balaban J connectivity index is 1.34. The minimum Gasteiger partial charge on any atom is -0.497 e. The molecule has 0 saturated carbocycles. The van der Waals surface area contributed by atoms with Crippen molar-refractivity contribution < 1.29 is 19.1 Å². The third-order valence-corrected chi connectivity index (χ3v) is 7.56. The normalized spacial score (nSPS) is 17.1. The van der Waals surface area contributed by atoms with Gasteiger partial charge in [0.05, 0.1) is 30.9 Å². The Morgan fingerprint density at radius 1 is 1.00 bits per heavy atom. The van der Waals surface area contributed by atoms with Gasteiger partial charge in [0.25, 0.3) is 0 Å². The zero-order valence-corrected chi connectivity index (χ0v) is 21.6. The second-order valence-electron chi connectivity index (χ2n) is 9.77. The summed E-state index contributed by atoms with van der Waals surface area (Å²) in [4.78, 5) is 35.6. The Hall–Kier alpha value is -4.33. The van der Waals surface area contributed by atoms with Crippen LogP contribution >= 0.6 is 0 Å². The average Bonchev–Trinajstić information content (AvgIpc) is 3.52. The van der Waals surface area contributed by atoms with Crippen LogP contribution in [0.1, 0.15) is 30.1 Å². The van der Waals surface area contributed by atoms with E-state index in [1.807, 2.05) is 64.1 Å². The molecule has 4 aromatic rings. The van der Waals surface area contributed by atoms with Crippen molar-refractivity contribution in [3.63, 3.8) is 0 Å². The van der Waals surface area contributed by atoms with Gasteiger partial charge >= 0.3 is 0 Å². The van der Waals surface area contributed by atoms with Crippen LogP contribution in [0.4, 0.5) is 11.4 Å². The predicted molar refractivity (Wildman–Crippen MR) is 146 cm³/mol. The number of carbonyl (C=O) groups excluding carboxylic acids is 2. The Labute approximate surface area is 221 Å². The molecule has 1 atom stereocenters. The highest BCUT2D eigenvalue weighted by Crippen LogP contribution is 2.39. The van der Waals surface area contributed by atoms with Crippen LogP contribution in [0.3, 0.4) is 0 Å². The molecule has 0 spiro atoms. The van der Waals surface area contributed by atoms with Crippen LogP contribution in [0.15, 0.2) is 66.7 Å². The first kappa shape index (κ1) is 24.0. The van der Waals surface area contributed by atoms with E-state index in [0.29, 0.717) is 36.7 Å². The van der Waals surface area contributed by atoms with Crippen molar-refractivity contribution in [2.24, 2.45) is 0 Å². The van der Waals surface area contributed by atoms with E-state index in [1.165, 1.54) is 5.56 Å². The zero-order valence-electron chi connectivity index (χ0n) is 21.6. The molecule has 0 bridgehead atoms. The molecule has 1 fully saturated rings. The van der Waals surface area contributed by atoms with Gasteiger partial charge < -0.3 is 23.8 Å². The van der Waals surface area contributed by atoms with E-state index in [1.54, 1.807) is 25.2 Å². The number of rotatable bonds is 6. The molecule has 2 aliphatic rings. The number of ether oxygens (including phenoxy) is 2. The van der Waals surface area contributed by atoms with E-state index in [9.17, 15) is 9.59 Å². The SMILES string of the molecule is COc1ccc(OC)c(N2CC(c3nc4ccccc4n3CC(=O)N3CCCc4ccccc43)CC2=O)c1. The van der Waals surface area contributed by atoms with Crippen molar-refractivity contribution in [2.75, 3.05) is 37.1 Å². The lowest BCUT2D eigenvalue weighted by Gasteiger charge is -2.30. The van der Waals surface area contributed by atoms with Gasteiger partial charge in [-0.25, -0.2) is 4.98 Å². The number of fused-ring (bicyclic) bond motifs is 2. The van der Waals surface area contributed by atoms with Gasteiger partial charge in [0.2, 0.25) is 11.8 Å². The molecule has 0 N–H and O–H groups in total. The Kier molecular flexibility index (Phi) is 6.23. The number of methoxy groups -OCH3 is 2. The lowest BCUT2D eigenvalue weighted by Crippen LogP contribution is -2.38. The number of nitrogens with zero attached hydrogens (tertiary/aromatic N) is 4. The number of aromatic nitrogens is 2. The molecule has 8 nitrogen and oxygen atoms in total. The van der Waals surface area contributed by atoms with Gasteiger partial charge in [0, 0.05) is 37.2 Å². The van der Waals surface area contributed by atoms with Gasteiger partial charge in [-0.15, -0.1) is 0 Å². The van der Waals surface area contributed by atoms with Crippen LogP contribution in [0.25, 0.3) is 11.0 Å². The van der Waals surface area contributed by atoms with E-state index in [0.717, 1.165) is 35.4 Å². The molecule has 1 aromatic heterocycles. The molecule has 3 heterocycles. The van der Waals surface area contributed by atoms with Crippen LogP contribution in [-0.4, -0.2) is 48.7 Å². The maximum absolute atomic E-state index is 13.7. The maximum Gasteiger partial charge on any atom is 0.246 e. The molecule has 0 radical (unpaired) electrons. The molecule has 1 unspecified atom stereocenters. The van der Waals surface area contributed by atoms with E-state index in [-0.39, 0.29) is 24.3 Å². The quantitative estimate of drug-likeness (QED) is 0.380. The average molecular weight is 511 g/mol. The fraction of sp³-hybridized carbons (Fsp3) is 0.300. The van der Waals surface area contributed by atoms with Crippen LogP contribution < -0.4 is 19.3 Å². The summed E-state index contributed by atoms with van der Waals surface area (Å²) in [5.41, 5.74) is 4.57. The molecule has 38 heavy (non-hydrogen) atoms. The first-order valence-electron chi connectivity index (χ1n) is 12.9.